The number of nitrogens with zero attached hydrogens (tertiary/aromatic N) is 7. The lowest BCUT2D eigenvalue weighted by Crippen LogP contribution is -2.48. The number of piperidine rings is 1. The summed E-state index contributed by atoms with van der Waals surface area (Å²) in [5, 5.41) is 10.3. The third kappa shape index (κ3) is 7.54. The Hall–Kier alpha value is -3.59. The molecule has 3 atom stereocenters. The number of piperazine rings is 1. The third-order valence-corrected chi connectivity index (χ3v) is 8.65. The summed E-state index contributed by atoms with van der Waals surface area (Å²) in [6, 6.07) is -1.02. The highest BCUT2D eigenvalue weighted by Gasteiger charge is 2.41. The van der Waals surface area contributed by atoms with Gasteiger partial charge in [-0.05, 0) is 31.6 Å². The number of halogens is 3. The molecule has 0 radical (unpaired) electrons. The maximum Gasteiger partial charge on any atom is 0.300 e. The Morgan fingerprint density at radius 3 is 2.77 bits per heavy atom. The number of aromatic nitrogens is 4. The van der Waals surface area contributed by atoms with E-state index in [2.05, 4.69) is 37.0 Å². The molecule has 5 rings (SSSR count). The average Bonchev–Trinajstić information content (AvgIpc) is 3.42. The largest absolute Gasteiger partial charge is 0.383 e. The van der Waals surface area contributed by atoms with E-state index < -0.39 is 36.2 Å². The predicted molar refractivity (Wildman–Crippen MR) is 157 cm³/mol. The molecule has 2 aromatic rings. The van der Waals surface area contributed by atoms with E-state index in [-0.39, 0.29) is 36.1 Å². The zero-order chi connectivity index (χ0) is 31.3. The molecule has 2 aromatic heterocycles. The Balaban J connectivity index is 1.49. The van der Waals surface area contributed by atoms with Crippen molar-refractivity contribution in [2.75, 3.05) is 57.9 Å². The second kappa shape index (κ2) is 14.0. The topological polar surface area (TPSA) is 129 Å². The quantitative estimate of drug-likeness (QED) is 0.367. The number of alkyl halides is 2. The summed E-state index contributed by atoms with van der Waals surface area (Å²) in [4.78, 5) is 42.5. The van der Waals surface area contributed by atoms with E-state index in [1.54, 1.807) is 13.3 Å². The number of carbonyl (C=O) groups is 2. The second-order valence-corrected chi connectivity index (χ2v) is 11.7. The van der Waals surface area contributed by atoms with Gasteiger partial charge in [-0.2, -0.15) is 14.5 Å². The Labute approximate surface area is 254 Å². The molecular weight excluding hydrogens is 579 g/mol. The van der Waals surface area contributed by atoms with E-state index in [1.165, 1.54) is 4.52 Å². The smallest absolute Gasteiger partial charge is 0.300 e. The summed E-state index contributed by atoms with van der Waals surface area (Å²) < 4.78 is 49.9. The Morgan fingerprint density at radius 2 is 2.07 bits per heavy atom. The summed E-state index contributed by atoms with van der Waals surface area (Å²) in [5.41, 5.74) is 0.873. The number of methoxy groups -OCH3 is 1. The summed E-state index contributed by atoms with van der Waals surface area (Å²) in [7, 11) is 1.68. The van der Waals surface area contributed by atoms with Crippen LogP contribution in [0.2, 0.25) is 0 Å². The fourth-order valence-corrected chi connectivity index (χ4v) is 6.33. The molecule has 240 valence electrons. The number of imidazole rings is 1. The van der Waals surface area contributed by atoms with Gasteiger partial charge in [-0.1, -0.05) is 6.58 Å². The SMILES string of the molecule is C=CN=C(F)C(=O)NC(c1cn2nc(CC3CCCNC3=O)c(N3CCN(CCOC)CC3)nc2n1)[C@H]1CCCC(F)(F)C1. The third-order valence-electron chi connectivity index (χ3n) is 8.65. The van der Waals surface area contributed by atoms with E-state index in [0.29, 0.717) is 50.6 Å². The molecule has 3 fully saturated rings. The fourth-order valence-electron chi connectivity index (χ4n) is 6.33. The monoisotopic (exact) mass is 619 g/mol. The molecule has 0 aromatic carbocycles. The van der Waals surface area contributed by atoms with Crippen molar-refractivity contribution in [3.63, 3.8) is 0 Å². The molecule has 12 nitrogen and oxygen atoms in total. The highest BCUT2D eigenvalue weighted by atomic mass is 19.3. The zero-order valence-corrected chi connectivity index (χ0v) is 25.0. The van der Waals surface area contributed by atoms with Crippen LogP contribution in [0.3, 0.4) is 0 Å². The standard InChI is InChI=1S/C29H40F3N9O3/c1-3-33-24(30)27(43)36-23(20-6-4-8-29(31,32)17-20)22-18-41-28(35-22)37-25(40-12-10-39(11-13-40)14-15-44-2)21(38-41)16-19-7-5-9-34-26(19)42/h3,18-20,23H,1,4-17H2,2H3,(H,34,42)(H,36,43)/t19?,20-,23?/m0/s1. The first-order chi connectivity index (χ1) is 21.2. The minimum absolute atomic E-state index is 0.0241. The first-order valence-electron chi connectivity index (χ1n) is 15.2. The highest BCUT2D eigenvalue weighted by Crippen LogP contribution is 2.42. The van der Waals surface area contributed by atoms with Gasteiger partial charge in [-0.25, -0.2) is 23.3 Å². The lowest BCUT2D eigenvalue weighted by Gasteiger charge is -2.36. The van der Waals surface area contributed by atoms with Gasteiger partial charge in [0, 0.05) is 77.8 Å². The summed E-state index contributed by atoms with van der Waals surface area (Å²) in [5.74, 6) is -5.53. The van der Waals surface area contributed by atoms with Gasteiger partial charge >= 0.3 is 0 Å². The van der Waals surface area contributed by atoms with Crippen molar-refractivity contribution in [2.24, 2.45) is 16.8 Å². The molecule has 4 heterocycles. The molecule has 2 N–H and O–H groups in total. The zero-order valence-electron chi connectivity index (χ0n) is 25.0. The molecule has 3 aliphatic rings. The van der Waals surface area contributed by atoms with Gasteiger partial charge < -0.3 is 20.3 Å². The number of ether oxygens (including phenoxy) is 1. The van der Waals surface area contributed by atoms with Crippen LogP contribution in [0.15, 0.2) is 24.0 Å². The van der Waals surface area contributed by atoms with Crippen LogP contribution in [0.5, 0.6) is 0 Å². The number of aliphatic imine (C=N–C) groups is 1. The maximum atomic E-state index is 14.5. The van der Waals surface area contributed by atoms with Crippen LogP contribution in [0.25, 0.3) is 5.78 Å². The van der Waals surface area contributed by atoms with E-state index >= 15 is 0 Å². The van der Waals surface area contributed by atoms with Crippen molar-refractivity contribution >= 4 is 29.4 Å². The molecule has 1 saturated carbocycles. The first-order valence-corrected chi connectivity index (χ1v) is 15.2. The normalized spacial score (nSPS) is 23.8. The van der Waals surface area contributed by atoms with Crippen LogP contribution in [0.4, 0.5) is 19.0 Å². The van der Waals surface area contributed by atoms with Crippen LogP contribution in [-0.4, -0.2) is 101 Å². The number of amides is 2. The molecule has 1 aliphatic carbocycles. The number of nitrogens with one attached hydrogen (secondary N) is 2. The predicted octanol–water partition coefficient (Wildman–Crippen LogP) is 2.46. The highest BCUT2D eigenvalue weighted by molar-refractivity contribution is 6.34. The molecule has 0 spiro atoms. The Kier molecular flexibility index (Phi) is 10.1. The van der Waals surface area contributed by atoms with Crippen molar-refractivity contribution in [3.05, 3.63) is 30.4 Å². The molecular formula is C29H40F3N9O3. The molecule has 0 bridgehead atoms. The number of fused-ring (bicyclic) bond motifs is 1. The summed E-state index contributed by atoms with van der Waals surface area (Å²) in [6.45, 7) is 8.36. The number of rotatable bonds is 11. The summed E-state index contributed by atoms with van der Waals surface area (Å²) >= 11 is 0. The van der Waals surface area contributed by atoms with E-state index in [4.69, 9.17) is 14.8 Å². The van der Waals surface area contributed by atoms with Crippen LogP contribution in [-0.2, 0) is 20.7 Å². The van der Waals surface area contributed by atoms with Gasteiger partial charge in [-0.3, -0.25) is 14.5 Å². The number of hydrogen-bond acceptors (Lipinski definition) is 9. The first kappa shape index (κ1) is 31.8. The molecule has 2 unspecified atom stereocenters. The van der Waals surface area contributed by atoms with Crippen LogP contribution < -0.4 is 15.5 Å². The van der Waals surface area contributed by atoms with E-state index in [0.717, 1.165) is 38.7 Å². The van der Waals surface area contributed by atoms with Gasteiger partial charge in [0.1, 0.15) is 5.69 Å². The number of carbonyl (C=O) groups excluding carboxylic acids is 2. The molecule has 2 amide bonds. The van der Waals surface area contributed by atoms with Crippen LogP contribution in [0, 0.1) is 11.8 Å². The van der Waals surface area contributed by atoms with E-state index in [1.807, 2.05) is 0 Å². The van der Waals surface area contributed by atoms with Gasteiger partial charge in [0.2, 0.25) is 11.8 Å². The minimum Gasteiger partial charge on any atom is -0.383 e. The Bertz CT molecular complexity index is 1380. The Morgan fingerprint density at radius 1 is 1.27 bits per heavy atom. The fraction of sp³-hybridized carbons (Fsp3) is 0.655. The lowest BCUT2D eigenvalue weighted by atomic mass is 9.80. The van der Waals surface area contributed by atoms with Gasteiger partial charge in [0.25, 0.3) is 17.7 Å². The molecule has 44 heavy (non-hydrogen) atoms. The second-order valence-electron chi connectivity index (χ2n) is 11.7. The minimum atomic E-state index is -2.92. The number of anilines is 1. The van der Waals surface area contributed by atoms with Gasteiger partial charge in [0.05, 0.1) is 24.5 Å². The molecule has 15 heteroatoms. The average molecular weight is 620 g/mol. The van der Waals surface area contributed by atoms with Crippen molar-refractivity contribution in [1.82, 2.24) is 35.1 Å². The van der Waals surface area contributed by atoms with Gasteiger partial charge in [0.15, 0.2) is 5.82 Å². The molecule has 2 aliphatic heterocycles. The van der Waals surface area contributed by atoms with Crippen LogP contribution >= 0.6 is 0 Å². The van der Waals surface area contributed by atoms with E-state index in [9.17, 15) is 22.8 Å². The van der Waals surface area contributed by atoms with Crippen molar-refractivity contribution < 1.29 is 27.5 Å². The maximum absolute atomic E-state index is 14.5. The van der Waals surface area contributed by atoms with Crippen molar-refractivity contribution in [3.8, 4) is 0 Å². The summed E-state index contributed by atoms with van der Waals surface area (Å²) in [6.07, 6.45) is 4.34. The van der Waals surface area contributed by atoms with Crippen molar-refractivity contribution in [1.29, 1.82) is 0 Å². The lowest BCUT2D eigenvalue weighted by molar-refractivity contribution is -0.126. The van der Waals surface area contributed by atoms with Crippen LogP contribution in [0.1, 0.15) is 56.0 Å². The number of hydrogen-bond donors (Lipinski definition) is 2. The van der Waals surface area contributed by atoms with Crippen molar-refractivity contribution in [2.45, 2.75) is 56.9 Å². The van der Waals surface area contributed by atoms with Gasteiger partial charge in [-0.15, -0.1) is 0 Å². The molecule has 2 saturated heterocycles.